The summed E-state index contributed by atoms with van der Waals surface area (Å²) in [4.78, 5) is 51.7. The summed E-state index contributed by atoms with van der Waals surface area (Å²) in [5, 5.41) is 5.62. The summed E-state index contributed by atoms with van der Waals surface area (Å²) in [7, 11) is 0. The Balaban J connectivity index is 1.51. The average Bonchev–Trinajstić information content (AvgIpc) is 3.46. The van der Waals surface area contributed by atoms with Crippen LogP contribution >= 0.6 is 0 Å². The number of rotatable bonds is 5. The Morgan fingerprint density at radius 2 is 1.81 bits per heavy atom. The number of amides is 3. The van der Waals surface area contributed by atoms with Crippen LogP contribution in [0.4, 0.5) is 5.69 Å². The van der Waals surface area contributed by atoms with Crippen LogP contribution < -0.4 is 10.6 Å². The topological polar surface area (TPSA) is 105 Å². The minimum absolute atomic E-state index is 0.0462. The highest BCUT2D eigenvalue weighted by Gasteiger charge is 2.52. The Labute approximate surface area is 181 Å². The van der Waals surface area contributed by atoms with E-state index in [-0.39, 0.29) is 48.1 Å². The first-order chi connectivity index (χ1) is 14.8. The first-order valence-electron chi connectivity index (χ1n) is 11.0. The number of ketones is 1. The maximum atomic E-state index is 13.6. The fourth-order valence-electron chi connectivity index (χ4n) is 5.10. The van der Waals surface area contributed by atoms with E-state index in [0.717, 1.165) is 25.7 Å². The van der Waals surface area contributed by atoms with E-state index in [2.05, 4.69) is 10.6 Å². The first-order valence-corrected chi connectivity index (χ1v) is 11.0. The van der Waals surface area contributed by atoms with Gasteiger partial charge < -0.3 is 20.3 Å². The van der Waals surface area contributed by atoms with Gasteiger partial charge in [-0.3, -0.25) is 19.2 Å². The molecule has 0 aromatic heterocycles. The van der Waals surface area contributed by atoms with E-state index in [9.17, 15) is 19.2 Å². The van der Waals surface area contributed by atoms with Gasteiger partial charge in [0, 0.05) is 30.6 Å². The molecule has 2 unspecified atom stereocenters. The van der Waals surface area contributed by atoms with E-state index >= 15 is 0 Å². The van der Waals surface area contributed by atoms with Crippen LogP contribution in [0.2, 0.25) is 0 Å². The third kappa shape index (κ3) is 4.35. The van der Waals surface area contributed by atoms with Gasteiger partial charge in [-0.1, -0.05) is 19.8 Å². The molecule has 2 aliphatic heterocycles. The zero-order valence-electron chi connectivity index (χ0n) is 17.9. The van der Waals surface area contributed by atoms with Crippen molar-refractivity contribution in [2.45, 2.75) is 57.7 Å². The van der Waals surface area contributed by atoms with E-state index in [1.54, 1.807) is 29.2 Å². The van der Waals surface area contributed by atoms with Gasteiger partial charge in [0.25, 0.3) is 5.91 Å². The minimum atomic E-state index is -0.663. The third-order valence-electron chi connectivity index (χ3n) is 6.61. The molecule has 2 heterocycles. The van der Waals surface area contributed by atoms with Gasteiger partial charge in [0.15, 0.2) is 5.78 Å². The number of hydrogen-bond acceptors (Lipinski definition) is 5. The molecular formula is C23H29N3O5. The molecule has 2 saturated heterocycles. The number of fused-ring (bicyclic) bond motifs is 1. The number of anilines is 1. The second-order valence-electron chi connectivity index (χ2n) is 8.91. The van der Waals surface area contributed by atoms with Crippen molar-refractivity contribution in [3.63, 3.8) is 0 Å². The molecule has 4 rings (SSSR count). The molecule has 3 amide bonds. The van der Waals surface area contributed by atoms with Crippen molar-refractivity contribution in [3.8, 4) is 0 Å². The Bertz CT molecular complexity index is 878. The number of nitrogens with one attached hydrogen (secondary N) is 2. The smallest absolute Gasteiger partial charge is 0.251 e. The zero-order valence-corrected chi connectivity index (χ0v) is 17.9. The van der Waals surface area contributed by atoms with Gasteiger partial charge in [-0.2, -0.15) is 0 Å². The average molecular weight is 428 g/mol. The number of ether oxygens (including phenoxy) is 1. The van der Waals surface area contributed by atoms with Crippen molar-refractivity contribution in [2.24, 2.45) is 11.8 Å². The van der Waals surface area contributed by atoms with Crippen molar-refractivity contribution in [1.82, 2.24) is 10.2 Å². The molecule has 1 aromatic carbocycles. The second-order valence-corrected chi connectivity index (χ2v) is 8.91. The monoisotopic (exact) mass is 427 g/mol. The SMILES string of the molecule is CC(=O)Nc1ccc(C(=O)NC(C(=O)N2CC(C)[C@H]3OCC(=O)[C@H]32)C2CCCC2)cc1. The maximum Gasteiger partial charge on any atom is 0.251 e. The normalized spacial score (nSPS) is 26.6. The van der Waals surface area contributed by atoms with Crippen LogP contribution in [0.15, 0.2) is 24.3 Å². The number of likely N-dealkylation sites (tertiary alicyclic amines) is 1. The zero-order chi connectivity index (χ0) is 22.1. The molecule has 166 valence electrons. The molecule has 31 heavy (non-hydrogen) atoms. The lowest BCUT2D eigenvalue weighted by Gasteiger charge is -2.30. The predicted octanol–water partition coefficient (Wildman–Crippen LogP) is 1.75. The molecule has 1 aromatic rings. The summed E-state index contributed by atoms with van der Waals surface area (Å²) in [6, 6.07) is 5.36. The number of benzene rings is 1. The molecular weight excluding hydrogens is 398 g/mol. The maximum absolute atomic E-state index is 13.6. The van der Waals surface area contributed by atoms with Crippen LogP contribution in [-0.4, -0.2) is 59.7 Å². The van der Waals surface area contributed by atoms with E-state index in [1.807, 2.05) is 6.92 Å². The Kier molecular flexibility index (Phi) is 6.09. The van der Waals surface area contributed by atoms with Crippen LogP contribution in [0.25, 0.3) is 0 Å². The highest BCUT2D eigenvalue weighted by Crippen LogP contribution is 2.34. The molecule has 8 heteroatoms. The Morgan fingerprint density at radius 3 is 2.45 bits per heavy atom. The van der Waals surface area contributed by atoms with Gasteiger partial charge in [-0.25, -0.2) is 0 Å². The van der Waals surface area contributed by atoms with Crippen LogP contribution in [0.1, 0.15) is 49.9 Å². The number of nitrogens with zero attached hydrogens (tertiary/aromatic N) is 1. The fraction of sp³-hybridized carbons (Fsp3) is 0.565. The number of hydrogen-bond donors (Lipinski definition) is 2. The molecule has 3 fully saturated rings. The van der Waals surface area contributed by atoms with E-state index in [1.165, 1.54) is 6.92 Å². The highest BCUT2D eigenvalue weighted by molar-refractivity contribution is 6.00. The third-order valence-corrected chi connectivity index (χ3v) is 6.61. The highest BCUT2D eigenvalue weighted by atomic mass is 16.5. The summed E-state index contributed by atoms with van der Waals surface area (Å²) in [5.41, 5.74) is 1.02. The van der Waals surface area contributed by atoms with Gasteiger partial charge >= 0.3 is 0 Å². The van der Waals surface area contributed by atoms with E-state index < -0.39 is 12.1 Å². The van der Waals surface area contributed by atoms with Crippen molar-refractivity contribution >= 4 is 29.2 Å². The molecule has 2 N–H and O–H groups in total. The summed E-state index contributed by atoms with van der Waals surface area (Å²) in [6.45, 7) is 3.92. The van der Waals surface area contributed by atoms with Crippen LogP contribution in [0.5, 0.6) is 0 Å². The minimum Gasteiger partial charge on any atom is -0.367 e. The molecule has 0 radical (unpaired) electrons. The quantitative estimate of drug-likeness (QED) is 0.745. The van der Waals surface area contributed by atoms with Gasteiger partial charge in [-0.05, 0) is 43.0 Å². The first kappa shape index (κ1) is 21.5. The summed E-state index contributed by atoms with van der Waals surface area (Å²) < 4.78 is 5.62. The number of carbonyl (C=O) groups is 4. The lowest BCUT2D eigenvalue weighted by Crippen LogP contribution is -2.54. The van der Waals surface area contributed by atoms with Crippen LogP contribution in [-0.2, 0) is 19.1 Å². The summed E-state index contributed by atoms with van der Waals surface area (Å²) in [5.74, 6) is -0.630. The lowest BCUT2D eigenvalue weighted by atomic mass is 9.95. The van der Waals surface area contributed by atoms with Gasteiger partial charge in [0.1, 0.15) is 18.7 Å². The standard InChI is InChI=1S/C23H29N3O5/c1-13-11-26(20-18(28)12-31-21(13)20)23(30)19(15-5-3-4-6-15)25-22(29)16-7-9-17(10-8-16)24-14(2)27/h7-10,13,15,19-21H,3-6,11-12H2,1-2H3,(H,24,27)(H,25,29)/t13?,19?,20-,21-/m1/s1. The number of Topliss-reactive ketones (excluding diaryl/α,β-unsaturated/α-hetero) is 1. The molecule has 1 saturated carbocycles. The van der Waals surface area contributed by atoms with E-state index in [0.29, 0.717) is 17.8 Å². The number of carbonyl (C=O) groups excluding carboxylic acids is 4. The van der Waals surface area contributed by atoms with Crippen molar-refractivity contribution in [1.29, 1.82) is 0 Å². The lowest BCUT2D eigenvalue weighted by molar-refractivity contribution is -0.139. The van der Waals surface area contributed by atoms with Crippen LogP contribution in [0.3, 0.4) is 0 Å². The molecule has 8 nitrogen and oxygen atoms in total. The largest absolute Gasteiger partial charge is 0.367 e. The second kappa shape index (κ2) is 8.78. The Morgan fingerprint density at radius 1 is 1.13 bits per heavy atom. The van der Waals surface area contributed by atoms with E-state index in [4.69, 9.17) is 4.74 Å². The van der Waals surface area contributed by atoms with Crippen molar-refractivity contribution in [3.05, 3.63) is 29.8 Å². The fourth-order valence-corrected chi connectivity index (χ4v) is 5.10. The molecule has 0 bridgehead atoms. The Hall–Kier alpha value is -2.74. The van der Waals surface area contributed by atoms with Crippen molar-refractivity contribution < 1.29 is 23.9 Å². The molecule has 1 aliphatic carbocycles. The molecule has 4 atom stereocenters. The predicted molar refractivity (Wildman–Crippen MR) is 113 cm³/mol. The summed E-state index contributed by atoms with van der Waals surface area (Å²) >= 11 is 0. The van der Waals surface area contributed by atoms with Gasteiger partial charge in [0.05, 0.1) is 6.10 Å². The summed E-state index contributed by atoms with van der Waals surface area (Å²) in [6.07, 6.45) is 3.55. The molecule has 3 aliphatic rings. The van der Waals surface area contributed by atoms with Gasteiger partial charge in [-0.15, -0.1) is 0 Å². The molecule has 0 spiro atoms. The van der Waals surface area contributed by atoms with Crippen LogP contribution in [0, 0.1) is 11.8 Å². The van der Waals surface area contributed by atoms with Crippen molar-refractivity contribution in [2.75, 3.05) is 18.5 Å². The van der Waals surface area contributed by atoms with Gasteiger partial charge in [0.2, 0.25) is 11.8 Å².